The summed E-state index contributed by atoms with van der Waals surface area (Å²) in [5, 5.41) is 21.1. The minimum absolute atomic E-state index is 0.109. The smallest absolute Gasteiger partial charge is 0.317 e. The van der Waals surface area contributed by atoms with Gasteiger partial charge in [0.1, 0.15) is 0 Å². The SMILES string of the molecule is CC(C)(C)CC1CC(NCCO)CN(CC(=O)O)C1. The van der Waals surface area contributed by atoms with E-state index in [9.17, 15) is 4.79 Å². The van der Waals surface area contributed by atoms with Crippen molar-refractivity contribution in [1.29, 1.82) is 0 Å². The molecule has 0 spiro atoms. The summed E-state index contributed by atoms with van der Waals surface area (Å²) >= 11 is 0. The van der Waals surface area contributed by atoms with E-state index in [-0.39, 0.29) is 24.6 Å². The molecule has 2 unspecified atom stereocenters. The normalized spacial score (nSPS) is 25.5. The monoisotopic (exact) mass is 272 g/mol. The second kappa shape index (κ2) is 7.22. The number of carboxylic acid groups (broad SMARTS) is 1. The molecule has 1 aliphatic heterocycles. The van der Waals surface area contributed by atoms with Crippen LogP contribution in [0.4, 0.5) is 0 Å². The zero-order valence-corrected chi connectivity index (χ0v) is 12.4. The van der Waals surface area contributed by atoms with Gasteiger partial charge in [-0.05, 0) is 24.2 Å². The fourth-order valence-electron chi connectivity index (χ4n) is 3.05. The van der Waals surface area contributed by atoms with E-state index in [1.807, 2.05) is 4.90 Å². The number of likely N-dealkylation sites (tertiary alicyclic amines) is 1. The number of nitrogens with zero attached hydrogens (tertiary/aromatic N) is 1. The number of aliphatic hydroxyl groups is 1. The first-order valence-electron chi connectivity index (χ1n) is 7.08. The molecule has 5 heteroatoms. The van der Waals surface area contributed by atoms with E-state index in [0.29, 0.717) is 12.5 Å². The molecule has 0 aromatic rings. The highest BCUT2D eigenvalue weighted by Crippen LogP contribution is 2.30. The lowest BCUT2D eigenvalue weighted by molar-refractivity contribution is -0.138. The number of rotatable bonds is 6. The van der Waals surface area contributed by atoms with Crippen LogP contribution in [0.15, 0.2) is 0 Å². The predicted molar refractivity (Wildman–Crippen MR) is 75.1 cm³/mol. The molecule has 19 heavy (non-hydrogen) atoms. The topological polar surface area (TPSA) is 72.8 Å². The lowest BCUT2D eigenvalue weighted by Gasteiger charge is -2.39. The van der Waals surface area contributed by atoms with E-state index in [0.717, 1.165) is 25.9 Å². The van der Waals surface area contributed by atoms with Gasteiger partial charge < -0.3 is 15.5 Å². The van der Waals surface area contributed by atoms with Crippen LogP contribution >= 0.6 is 0 Å². The summed E-state index contributed by atoms with van der Waals surface area (Å²) in [6, 6.07) is 0.285. The van der Waals surface area contributed by atoms with Crippen molar-refractivity contribution >= 4 is 5.97 Å². The molecule has 0 aromatic carbocycles. The molecule has 1 rings (SSSR count). The summed E-state index contributed by atoms with van der Waals surface area (Å²) in [7, 11) is 0. The van der Waals surface area contributed by atoms with Gasteiger partial charge in [-0.15, -0.1) is 0 Å². The Bertz CT molecular complexity index is 289. The Morgan fingerprint density at radius 2 is 2.05 bits per heavy atom. The highest BCUT2D eigenvalue weighted by atomic mass is 16.4. The van der Waals surface area contributed by atoms with Crippen molar-refractivity contribution in [3.05, 3.63) is 0 Å². The third kappa shape index (κ3) is 6.89. The van der Waals surface area contributed by atoms with Gasteiger partial charge in [-0.2, -0.15) is 0 Å². The van der Waals surface area contributed by atoms with Gasteiger partial charge in [0, 0.05) is 25.7 Å². The number of hydrogen-bond donors (Lipinski definition) is 3. The number of piperidine rings is 1. The summed E-state index contributed by atoms with van der Waals surface area (Å²) in [5.74, 6) is -0.249. The van der Waals surface area contributed by atoms with Crippen LogP contribution in [-0.2, 0) is 4.79 Å². The van der Waals surface area contributed by atoms with Crippen LogP contribution in [-0.4, -0.2) is 59.9 Å². The van der Waals surface area contributed by atoms with Gasteiger partial charge >= 0.3 is 5.97 Å². The molecule has 0 radical (unpaired) electrons. The second-order valence-corrected chi connectivity index (χ2v) is 6.83. The van der Waals surface area contributed by atoms with Crippen LogP contribution in [0.1, 0.15) is 33.6 Å². The Morgan fingerprint density at radius 1 is 1.37 bits per heavy atom. The van der Waals surface area contributed by atoms with Crippen molar-refractivity contribution in [1.82, 2.24) is 10.2 Å². The Morgan fingerprint density at radius 3 is 2.58 bits per heavy atom. The summed E-state index contributed by atoms with van der Waals surface area (Å²) in [4.78, 5) is 12.9. The minimum atomic E-state index is -0.766. The van der Waals surface area contributed by atoms with Crippen LogP contribution < -0.4 is 5.32 Å². The van der Waals surface area contributed by atoms with Gasteiger partial charge in [0.25, 0.3) is 0 Å². The summed E-state index contributed by atoms with van der Waals surface area (Å²) in [6.07, 6.45) is 2.16. The Labute approximate surface area is 116 Å². The van der Waals surface area contributed by atoms with Crippen molar-refractivity contribution in [2.75, 3.05) is 32.8 Å². The van der Waals surface area contributed by atoms with E-state index >= 15 is 0 Å². The van der Waals surface area contributed by atoms with Crippen LogP contribution in [0.25, 0.3) is 0 Å². The molecule has 5 nitrogen and oxygen atoms in total. The molecular formula is C14H28N2O3. The first kappa shape index (κ1) is 16.4. The Hall–Kier alpha value is -0.650. The first-order valence-corrected chi connectivity index (χ1v) is 7.08. The number of nitrogens with one attached hydrogen (secondary N) is 1. The van der Waals surface area contributed by atoms with Gasteiger partial charge in [-0.25, -0.2) is 0 Å². The van der Waals surface area contributed by atoms with Crippen molar-refractivity contribution in [2.24, 2.45) is 11.3 Å². The predicted octanol–water partition coefficient (Wildman–Crippen LogP) is 0.780. The van der Waals surface area contributed by atoms with Gasteiger partial charge in [-0.1, -0.05) is 20.8 Å². The molecule has 112 valence electrons. The molecule has 1 fully saturated rings. The standard InChI is InChI=1S/C14H28N2O3/c1-14(2,3)7-11-6-12(15-4-5-17)9-16(8-11)10-13(18)19/h11-12,15,17H,4-10H2,1-3H3,(H,18,19). The largest absolute Gasteiger partial charge is 0.480 e. The molecule has 2 atom stereocenters. The van der Waals surface area contributed by atoms with Gasteiger partial charge in [-0.3, -0.25) is 9.69 Å². The van der Waals surface area contributed by atoms with Gasteiger partial charge in [0.2, 0.25) is 0 Å². The molecule has 0 aromatic heterocycles. The first-order chi connectivity index (χ1) is 8.80. The van der Waals surface area contributed by atoms with Gasteiger partial charge in [0.05, 0.1) is 13.2 Å². The quantitative estimate of drug-likeness (QED) is 0.666. The molecule has 0 saturated carbocycles. The Kier molecular flexibility index (Phi) is 6.23. The fraction of sp³-hybridized carbons (Fsp3) is 0.929. The molecule has 1 aliphatic rings. The lowest BCUT2D eigenvalue weighted by Crippen LogP contribution is -2.51. The molecular weight excluding hydrogens is 244 g/mol. The maximum atomic E-state index is 10.9. The molecule has 0 bridgehead atoms. The molecule has 0 amide bonds. The fourth-order valence-corrected chi connectivity index (χ4v) is 3.05. The summed E-state index contributed by atoms with van der Waals surface area (Å²) < 4.78 is 0. The summed E-state index contributed by atoms with van der Waals surface area (Å²) in [5.41, 5.74) is 0.262. The number of aliphatic hydroxyl groups excluding tert-OH is 1. The van der Waals surface area contributed by atoms with Crippen LogP contribution in [0.3, 0.4) is 0 Å². The number of carbonyl (C=O) groups is 1. The zero-order valence-electron chi connectivity index (χ0n) is 12.4. The van der Waals surface area contributed by atoms with Gasteiger partial charge in [0.15, 0.2) is 0 Å². The molecule has 3 N–H and O–H groups in total. The number of carboxylic acids is 1. The minimum Gasteiger partial charge on any atom is -0.480 e. The molecule has 1 saturated heterocycles. The second-order valence-electron chi connectivity index (χ2n) is 6.83. The highest BCUT2D eigenvalue weighted by Gasteiger charge is 2.30. The van der Waals surface area contributed by atoms with E-state index in [2.05, 4.69) is 26.1 Å². The van der Waals surface area contributed by atoms with E-state index in [4.69, 9.17) is 10.2 Å². The maximum Gasteiger partial charge on any atom is 0.317 e. The van der Waals surface area contributed by atoms with Crippen LogP contribution in [0.2, 0.25) is 0 Å². The van der Waals surface area contributed by atoms with E-state index in [1.165, 1.54) is 0 Å². The zero-order chi connectivity index (χ0) is 14.5. The number of aliphatic carboxylic acids is 1. The van der Waals surface area contributed by atoms with Crippen molar-refractivity contribution in [2.45, 2.75) is 39.7 Å². The third-order valence-corrected chi connectivity index (χ3v) is 3.42. The average Bonchev–Trinajstić information content (AvgIpc) is 2.22. The molecule has 1 heterocycles. The average molecular weight is 272 g/mol. The molecule has 0 aliphatic carbocycles. The van der Waals surface area contributed by atoms with Crippen molar-refractivity contribution in [3.63, 3.8) is 0 Å². The third-order valence-electron chi connectivity index (χ3n) is 3.42. The van der Waals surface area contributed by atoms with Crippen molar-refractivity contribution < 1.29 is 15.0 Å². The van der Waals surface area contributed by atoms with Crippen LogP contribution in [0.5, 0.6) is 0 Å². The maximum absolute atomic E-state index is 10.9. The van der Waals surface area contributed by atoms with Crippen molar-refractivity contribution in [3.8, 4) is 0 Å². The lowest BCUT2D eigenvalue weighted by atomic mass is 9.80. The summed E-state index contributed by atoms with van der Waals surface area (Å²) in [6.45, 7) is 9.09. The van der Waals surface area contributed by atoms with E-state index in [1.54, 1.807) is 0 Å². The van der Waals surface area contributed by atoms with Crippen LogP contribution in [0, 0.1) is 11.3 Å². The van der Waals surface area contributed by atoms with E-state index < -0.39 is 5.97 Å². The Balaban J connectivity index is 2.57. The number of hydrogen-bond acceptors (Lipinski definition) is 4. The highest BCUT2D eigenvalue weighted by molar-refractivity contribution is 5.69.